The van der Waals surface area contributed by atoms with Gasteiger partial charge in [0.25, 0.3) is 5.91 Å². The number of fused-ring (bicyclic) bond motifs is 1. The van der Waals surface area contributed by atoms with Crippen LogP contribution in [0.2, 0.25) is 0 Å². The highest BCUT2D eigenvalue weighted by atomic mass is 16.5. The number of imide groups is 1. The number of nitrogens with one attached hydrogen (secondary N) is 1. The van der Waals surface area contributed by atoms with Crippen molar-refractivity contribution in [3.63, 3.8) is 0 Å². The lowest BCUT2D eigenvalue weighted by Gasteiger charge is -2.29. The van der Waals surface area contributed by atoms with Crippen molar-refractivity contribution in [2.24, 2.45) is 0 Å². The van der Waals surface area contributed by atoms with Crippen LogP contribution in [0.25, 0.3) is 0 Å². The van der Waals surface area contributed by atoms with E-state index in [4.69, 9.17) is 4.74 Å². The van der Waals surface area contributed by atoms with E-state index >= 15 is 0 Å². The van der Waals surface area contributed by atoms with Crippen LogP contribution in [0.15, 0.2) is 18.2 Å². The van der Waals surface area contributed by atoms with E-state index in [9.17, 15) is 14.4 Å². The minimum absolute atomic E-state index is 0.00579. The number of nitrogens with zero attached hydrogens (tertiary/aromatic N) is 1. The molecule has 1 aromatic carbocycles. The first-order chi connectivity index (χ1) is 10.5. The van der Waals surface area contributed by atoms with E-state index in [1.807, 2.05) is 19.9 Å². The second-order valence-electron chi connectivity index (χ2n) is 5.85. The zero-order chi connectivity index (χ0) is 15.9. The molecule has 116 valence electrons. The van der Waals surface area contributed by atoms with E-state index in [0.29, 0.717) is 24.3 Å². The number of rotatable bonds is 3. The molecule has 3 rings (SSSR count). The molecule has 1 atom stereocenters. The molecular formula is C16H18N2O4. The van der Waals surface area contributed by atoms with Gasteiger partial charge in [-0.2, -0.15) is 0 Å². The van der Waals surface area contributed by atoms with E-state index in [0.717, 1.165) is 5.56 Å². The third-order valence-electron chi connectivity index (χ3n) is 3.90. The lowest BCUT2D eigenvalue weighted by Crippen LogP contribution is -2.52. The van der Waals surface area contributed by atoms with Crippen molar-refractivity contribution >= 4 is 17.7 Å². The number of ether oxygens (including phenoxy) is 1. The maximum Gasteiger partial charge on any atom is 0.255 e. The molecule has 1 N–H and O–H groups in total. The van der Waals surface area contributed by atoms with Crippen LogP contribution in [0.5, 0.6) is 5.75 Å². The second-order valence-corrected chi connectivity index (χ2v) is 5.85. The molecule has 0 radical (unpaired) electrons. The van der Waals surface area contributed by atoms with Gasteiger partial charge in [-0.1, -0.05) is 6.07 Å². The molecule has 2 aliphatic rings. The maximum atomic E-state index is 12.6. The first-order valence-corrected chi connectivity index (χ1v) is 7.40. The summed E-state index contributed by atoms with van der Waals surface area (Å²) < 4.78 is 5.75. The topological polar surface area (TPSA) is 75.7 Å². The van der Waals surface area contributed by atoms with E-state index in [1.165, 1.54) is 4.90 Å². The van der Waals surface area contributed by atoms with Gasteiger partial charge in [0.2, 0.25) is 11.8 Å². The highest BCUT2D eigenvalue weighted by Crippen LogP contribution is 2.33. The summed E-state index contributed by atoms with van der Waals surface area (Å²) in [6.07, 6.45) is 0.627. The van der Waals surface area contributed by atoms with Crippen molar-refractivity contribution in [3.05, 3.63) is 29.3 Å². The van der Waals surface area contributed by atoms with Gasteiger partial charge in [-0.05, 0) is 32.4 Å². The Bertz CT molecular complexity index is 654. The SMILES string of the molecule is CC(C)Oc1cccc2c1CN([C@@H]1CCC(=O)NC1=O)C2=O. The molecular weight excluding hydrogens is 284 g/mol. The summed E-state index contributed by atoms with van der Waals surface area (Å²) in [5.41, 5.74) is 1.38. The minimum Gasteiger partial charge on any atom is -0.491 e. The van der Waals surface area contributed by atoms with Gasteiger partial charge in [-0.15, -0.1) is 0 Å². The molecule has 0 aromatic heterocycles. The number of carbonyl (C=O) groups excluding carboxylic acids is 3. The standard InChI is InChI=1S/C16H18N2O4/c1-9(2)22-13-5-3-4-10-11(13)8-18(16(10)21)12-6-7-14(19)17-15(12)20/h3-5,9,12H,6-8H2,1-2H3,(H,17,19,20)/t12-/m1/s1. The molecule has 0 aliphatic carbocycles. The van der Waals surface area contributed by atoms with Crippen molar-refractivity contribution < 1.29 is 19.1 Å². The Morgan fingerprint density at radius 2 is 2.05 bits per heavy atom. The zero-order valence-corrected chi connectivity index (χ0v) is 12.6. The largest absolute Gasteiger partial charge is 0.491 e. The van der Waals surface area contributed by atoms with E-state index < -0.39 is 11.9 Å². The summed E-state index contributed by atoms with van der Waals surface area (Å²) in [6.45, 7) is 4.19. The Labute approximate surface area is 128 Å². The molecule has 2 heterocycles. The van der Waals surface area contributed by atoms with Crippen LogP contribution in [0.1, 0.15) is 42.6 Å². The van der Waals surface area contributed by atoms with Crippen LogP contribution in [-0.4, -0.2) is 34.8 Å². The molecule has 0 saturated carbocycles. The molecule has 2 aliphatic heterocycles. The summed E-state index contributed by atoms with van der Waals surface area (Å²) in [5.74, 6) is -0.188. The van der Waals surface area contributed by atoms with Gasteiger partial charge in [0, 0.05) is 17.5 Å². The number of hydrogen-bond donors (Lipinski definition) is 1. The summed E-state index contributed by atoms with van der Waals surface area (Å²) in [5, 5.41) is 2.30. The maximum absolute atomic E-state index is 12.6. The molecule has 6 heteroatoms. The lowest BCUT2D eigenvalue weighted by atomic mass is 10.0. The molecule has 1 saturated heterocycles. The zero-order valence-electron chi connectivity index (χ0n) is 12.6. The Hall–Kier alpha value is -2.37. The number of carbonyl (C=O) groups is 3. The number of benzene rings is 1. The minimum atomic E-state index is -0.593. The van der Waals surface area contributed by atoms with Crippen molar-refractivity contribution in [2.75, 3.05) is 0 Å². The Kier molecular flexibility index (Phi) is 3.60. The van der Waals surface area contributed by atoms with Gasteiger partial charge in [-0.25, -0.2) is 0 Å². The Morgan fingerprint density at radius 3 is 2.73 bits per heavy atom. The summed E-state index contributed by atoms with van der Waals surface area (Å²) in [4.78, 5) is 37.3. The molecule has 6 nitrogen and oxygen atoms in total. The van der Waals surface area contributed by atoms with Crippen LogP contribution in [0.3, 0.4) is 0 Å². The quantitative estimate of drug-likeness (QED) is 0.852. The highest BCUT2D eigenvalue weighted by Gasteiger charge is 2.40. The van der Waals surface area contributed by atoms with Gasteiger partial charge in [0.15, 0.2) is 0 Å². The van der Waals surface area contributed by atoms with E-state index in [1.54, 1.807) is 12.1 Å². The Morgan fingerprint density at radius 1 is 1.27 bits per heavy atom. The predicted molar refractivity (Wildman–Crippen MR) is 78.3 cm³/mol. The third-order valence-corrected chi connectivity index (χ3v) is 3.90. The van der Waals surface area contributed by atoms with Crippen LogP contribution < -0.4 is 10.1 Å². The fraction of sp³-hybridized carbons (Fsp3) is 0.438. The van der Waals surface area contributed by atoms with E-state index in [2.05, 4.69) is 5.32 Å². The van der Waals surface area contributed by atoms with Crippen molar-refractivity contribution in [1.82, 2.24) is 10.2 Å². The van der Waals surface area contributed by atoms with Crippen LogP contribution >= 0.6 is 0 Å². The number of hydrogen-bond acceptors (Lipinski definition) is 4. The van der Waals surface area contributed by atoms with Gasteiger partial charge in [-0.3, -0.25) is 19.7 Å². The van der Waals surface area contributed by atoms with E-state index in [-0.39, 0.29) is 24.3 Å². The molecule has 1 aromatic rings. The van der Waals surface area contributed by atoms with Crippen LogP contribution in [0, 0.1) is 0 Å². The van der Waals surface area contributed by atoms with Crippen molar-refractivity contribution in [2.45, 2.75) is 45.4 Å². The molecule has 22 heavy (non-hydrogen) atoms. The van der Waals surface area contributed by atoms with Crippen molar-refractivity contribution in [1.29, 1.82) is 0 Å². The number of amides is 3. The first-order valence-electron chi connectivity index (χ1n) is 7.40. The molecule has 3 amide bonds. The lowest BCUT2D eigenvalue weighted by molar-refractivity contribution is -0.136. The summed E-state index contributed by atoms with van der Waals surface area (Å²) >= 11 is 0. The Balaban J connectivity index is 1.88. The molecule has 0 unspecified atom stereocenters. The monoisotopic (exact) mass is 302 g/mol. The van der Waals surface area contributed by atoms with Crippen molar-refractivity contribution in [3.8, 4) is 5.75 Å². The van der Waals surface area contributed by atoms with Gasteiger partial charge in [0.1, 0.15) is 11.8 Å². The fourth-order valence-electron chi connectivity index (χ4n) is 2.92. The number of piperidine rings is 1. The second kappa shape index (κ2) is 5.44. The molecule has 0 spiro atoms. The third kappa shape index (κ3) is 2.45. The summed E-state index contributed by atoms with van der Waals surface area (Å²) in [7, 11) is 0. The highest BCUT2D eigenvalue weighted by molar-refractivity contribution is 6.05. The average molecular weight is 302 g/mol. The smallest absolute Gasteiger partial charge is 0.255 e. The molecule has 0 bridgehead atoms. The van der Waals surface area contributed by atoms with Gasteiger partial charge in [0.05, 0.1) is 12.6 Å². The molecule has 1 fully saturated rings. The normalized spacial score (nSPS) is 21.1. The summed E-state index contributed by atoms with van der Waals surface area (Å²) in [6, 6.07) is 4.77. The van der Waals surface area contributed by atoms with Crippen LogP contribution in [0.4, 0.5) is 0 Å². The van der Waals surface area contributed by atoms with Gasteiger partial charge < -0.3 is 9.64 Å². The fourth-order valence-corrected chi connectivity index (χ4v) is 2.92. The van der Waals surface area contributed by atoms with Gasteiger partial charge >= 0.3 is 0 Å². The predicted octanol–water partition coefficient (Wildman–Crippen LogP) is 1.23. The first kappa shape index (κ1) is 14.6. The van der Waals surface area contributed by atoms with Crippen LogP contribution in [-0.2, 0) is 16.1 Å². The average Bonchev–Trinajstić information content (AvgIpc) is 2.77.